The predicted molar refractivity (Wildman–Crippen MR) is 69.4 cm³/mol. The molecule has 0 spiro atoms. The quantitative estimate of drug-likeness (QED) is 0.648. The van der Waals surface area contributed by atoms with Crippen molar-refractivity contribution in [2.75, 3.05) is 19.6 Å². The molecule has 1 amide bonds. The lowest BCUT2D eigenvalue weighted by Gasteiger charge is -2.18. The highest BCUT2D eigenvalue weighted by molar-refractivity contribution is 5.78. The topological polar surface area (TPSA) is 82.8 Å². The maximum absolute atomic E-state index is 11.7. The van der Waals surface area contributed by atoms with E-state index < -0.39 is 5.97 Å². The van der Waals surface area contributed by atoms with Crippen molar-refractivity contribution < 1.29 is 19.1 Å². The largest absolute Gasteiger partial charge is 0.481 e. The van der Waals surface area contributed by atoms with Crippen molar-refractivity contribution in [1.82, 2.24) is 10.2 Å². The van der Waals surface area contributed by atoms with Gasteiger partial charge in [-0.1, -0.05) is 6.08 Å². The fourth-order valence-electron chi connectivity index (χ4n) is 1.53. The van der Waals surface area contributed by atoms with Gasteiger partial charge in [0.1, 0.15) is 5.76 Å². The summed E-state index contributed by atoms with van der Waals surface area (Å²) in [6, 6.07) is 3.52. The van der Waals surface area contributed by atoms with Crippen LogP contribution in [0.2, 0.25) is 0 Å². The van der Waals surface area contributed by atoms with Crippen molar-refractivity contribution in [2.24, 2.45) is 0 Å². The molecule has 1 heterocycles. The lowest BCUT2D eigenvalue weighted by Crippen LogP contribution is -2.38. The van der Waals surface area contributed by atoms with Crippen molar-refractivity contribution in [3.63, 3.8) is 0 Å². The van der Waals surface area contributed by atoms with Gasteiger partial charge < -0.3 is 14.8 Å². The fraction of sp³-hybridized carbons (Fsp3) is 0.385. The van der Waals surface area contributed by atoms with E-state index in [-0.39, 0.29) is 18.9 Å². The molecule has 1 rings (SSSR count). The summed E-state index contributed by atoms with van der Waals surface area (Å²) in [5.74, 6) is -0.386. The minimum Gasteiger partial charge on any atom is -0.481 e. The SMILES string of the molecule is C=CCN(CCC(=O)O)CC(=O)NCc1ccco1. The van der Waals surface area contributed by atoms with Gasteiger partial charge in [0.15, 0.2) is 0 Å². The van der Waals surface area contributed by atoms with Gasteiger partial charge >= 0.3 is 5.97 Å². The molecule has 0 saturated carbocycles. The van der Waals surface area contributed by atoms with E-state index in [1.54, 1.807) is 29.4 Å². The van der Waals surface area contributed by atoms with Crippen LogP contribution in [0.25, 0.3) is 0 Å². The van der Waals surface area contributed by atoms with Crippen LogP contribution in [0.3, 0.4) is 0 Å². The Balaban J connectivity index is 2.33. The second-order valence-corrected chi connectivity index (χ2v) is 4.02. The van der Waals surface area contributed by atoms with E-state index in [1.807, 2.05) is 0 Å². The molecule has 0 fully saturated rings. The smallest absolute Gasteiger partial charge is 0.304 e. The second-order valence-electron chi connectivity index (χ2n) is 4.02. The zero-order chi connectivity index (χ0) is 14.1. The Morgan fingerprint density at radius 1 is 1.53 bits per heavy atom. The molecule has 0 aromatic carbocycles. The highest BCUT2D eigenvalue weighted by atomic mass is 16.4. The number of nitrogens with one attached hydrogen (secondary N) is 1. The van der Waals surface area contributed by atoms with Crippen molar-refractivity contribution >= 4 is 11.9 Å². The van der Waals surface area contributed by atoms with Gasteiger partial charge in [0.05, 0.1) is 25.8 Å². The number of aliphatic carboxylic acids is 1. The van der Waals surface area contributed by atoms with E-state index >= 15 is 0 Å². The summed E-state index contributed by atoms with van der Waals surface area (Å²) in [5, 5.41) is 11.3. The normalized spacial score (nSPS) is 10.4. The molecule has 1 aromatic rings. The average molecular weight is 266 g/mol. The fourth-order valence-corrected chi connectivity index (χ4v) is 1.53. The lowest BCUT2D eigenvalue weighted by atomic mass is 10.3. The molecular formula is C13H18N2O4. The Hall–Kier alpha value is -2.08. The maximum atomic E-state index is 11.7. The van der Waals surface area contributed by atoms with Crippen LogP contribution in [0.4, 0.5) is 0 Å². The Bertz CT molecular complexity index is 414. The molecule has 2 N–H and O–H groups in total. The van der Waals surface area contributed by atoms with Gasteiger partial charge in [-0.25, -0.2) is 0 Å². The van der Waals surface area contributed by atoms with Crippen molar-refractivity contribution in [3.8, 4) is 0 Å². The van der Waals surface area contributed by atoms with Crippen molar-refractivity contribution in [2.45, 2.75) is 13.0 Å². The van der Waals surface area contributed by atoms with E-state index in [9.17, 15) is 9.59 Å². The summed E-state index contributed by atoms with van der Waals surface area (Å²) < 4.78 is 5.09. The molecular weight excluding hydrogens is 248 g/mol. The Morgan fingerprint density at radius 3 is 2.89 bits per heavy atom. The molecule has 0 unspecified atom stereocenters. The van der Waals surface area contributed by atoms with E-state index in [1.165, 1.54) is 0 Å². The summed E-state index contributed by atoms with van der Waals surface area (Å²) in [7, 11) is 0. The van der Waals surface area contributed by atoms with E-state index in [0.29, 0.717) is 25.4 Å². The molecule has 0 radical (unpaired) electrons. The summed E-state index contributed by atoms with van der Waals surface area (Å²) in [4.78, 5) is 23.9. The number of amides is 1. The number of furan rings is 1. The average Bonchev–Trinajstić information content (AvgIpc) is 2.87. The van der Waals surface area contributed by atoms with E-state index in [4.69, 9.17) is 9.52 Å². The van der Waals surface area contributed by atoms with Gasteiger partial charge in [-0.15, -0.1) is 6.58 Å². The summed E-state index contributed by atoms with van der Waals surface area (Å²) >= 11 is 0. The van der Waals surface area contributed by atoms with Crippen LogP contribution < -0.4 is 5.32 Å². The molecule has 0 bridgehead atoms. The first-order valence-corrected chi connectivity index (χ1v) is 5.96. The minimum atomic E-state index is -0.884. The van der Waals surface area contributed by atoms with Gasteiger partial charge in [0.25, 0.3) is 0 Å². The zero-order valence-electron chi connectivity index (χ0n) is 10.7. The van der Waals surface area contributed by atoms with Gasteiger partial charge in [0.2, 0.25) is 5.91 Å². The molecule has 0 aliphatic heterocycles. The summed E-state index contributed by atoms with van der Waals surface area (Å²) in [6.07, 6.45) is 3.18. The summed E-state index contributed by atoms with van der Waals surface area (Å²) in [6.45, 7) is 4.84. The minimum absolute atomic E-state index is 0.000691. The highest BCUT2D eigenvalue weighted by Gasteiger charge is 2.11. The number of carbonyl (C=O) groups excluding carboxylic acids is 1. The first-order chi connectivity index (χ1) is 9.11. The third-order valence-corrected chi connectivity index (χ3v) is 2.44. The van der Waals surface area contributed by atoms with E-state index in [0.717, 1.165) is 0 Å². The first kappa shape index (κ1) is 15.0. The predicted octanol–water partition coefficient (Wildman–Crippen LogP) is 0.859. The monoisotopic (exact) mass is 266 g/mol. The van der Waals surface area contributed by atoms with Gasteiger partial charge in [-0.05, 0) is 12.1 Å². The number of carboxylic acids is 1. The van der Waals surface area contributed by atoms with Gasteiger partial charge in [0, 0.05) is 13.1 Å². The molecule has 6 heteroatoms. The number of carbonyl (C=O) groups is 2. The number of rotatable bonds is 9. The molecule has 0 saturated heterocycles. The maximum Gasteiger partial charge on any atom is 0.304 e. The Morgan fingerprint density at radius 2 is 2.32 bits per heavy atom. The third-order valence-electron chi connectivity index (χ3n) is 2.44. The number of hydrogen-bond donors (Lipinski definition) is 2. The standard InChI is InChI=1S/C13H18N2O4/c1-2-6-15(7-5-13(17)18)10-12(16)14-9-11-4-3-8-19-11/h2-4,8H,1,5-7,9-10H2,(H,14,16)(H,17,18). The van der Waals surface area contributed by atoms with Crippen LogP contribution in [-0.2, 0) is 16.1 Å². The third kappa shape index (κ3) is 6.42. The van der Waals surface area contributed by atoms with Crippen LogP contribution >= 0.6 is 0 Å². The van der Waals surface area contributed by atoms with Crippen LogP contribution in [-0.4, -0.2) is 41.5 Å². The molecule has 6 nitrogen and oxygen atoms in total. The van der Waals surface area contributed by atoms with Crippen molar-refractivity contribution in [1.29, 1.82) is 0 Å². The summed E-state index contributed by atoms with van der Waals surface area (Å²) in [5.41, 5.74) is 0. The van der Waals surface area contributed by atoms with Gasteiger partial charge in [-0.2, -0.15) is 0 Å². The zero-order valence-corrected chi connectivity index (χ0v) is 10.7. The molecule has 1 aromatic heterocycles. The number of hydrogen-bond acceptors (Lipinski definition) is 4. The van der Waals surface area contributed by atoms with Crippen LogP contribution in [0.5, 0.6) is 0 Å². The van der Waals surface area contributed by atoms with E-state index in [2.05, 4.69) is 11.9 Å². The van der Waals surface area contributed by atoms with Crippen molar-refractivity contribution in [3.05, 3.63) is 36.8 Å². The number of carboxylic acid groups (broad SMARTS) is 1. The van der Waals surface area contributed by atoms with Crippen LogP contribution in [0.1, 0.15) is 12.2 Å². The molecule has 19 heavy (non-hydrogen) atoms. The number of nitrogens with zero attached hydrogens (tertiary/aromatic N) is 1. The Kier molecular flexibility index (Phi) is 6.38. The van der Waals surface area contributed by atoms with Crippen LogP contribution in [0.15, 0.2) is 35.5 Å². The molecule has 0 aliphatic rings. The molecule has 104 valence electrons. The molecule has 0 atom stereocenters. The lowest BCUT2D eigenvalue weighted by molar-refractivity contribution is -0.137. The highest BCUT2D eigenvalue weighted by Crippen LogP contribution is 1.99. The van der Waals surface area contributed by atoms with Crippen LogP contribution in [0, 0.1) is 0 Å². The van der Waals surface area contributed by atoms with Gasteiger partial charge in [-0.3, -0.25) is 14.5 Å². The first-order valence-electron chi connectivity index (χ1n) is 5.96. The second kappa shape index (κ2) is 8.10. The Labute approximate surface area is 111 Å². The molecule has 0 aliphatic carbocycles.